The van der Waals surface area contributed by atoms with Crippen molar-refractivity contribution in [3.63, 3.8) is 0 Å². The number of hydrogen-bond donors (Lipinski definition) is 0. The second-order valence-electron chi connectivity index (χ2n) is 7.15. The summed E-state index contributed by atoms with van der Waals surface area (Å²) in [6.45, 7) is 4.17. The lowest BCUT2D eigenvalue weighted by molar-refractivity contribution is -0.139. The highest BCUT2D eigenvalue weighted by atomic mass is 35.5. The predicted octanol–water partition coefficient (Wildman–Crippen LogP) is 4.07. The number of hydrogen-bond acceptors (Lipinski definition) is 6. The summed E-state index contributed by atoms with van der Waals surface area (Å²) in [5.41, 5.74) is 1.79. The zero-order chi connectivity index (χ0) is 21.0. The first-order valence-corrected chi connectivity index (χ1v) is 9.93. The van der Waals surface area contributed by atoms with Gasteiger partial charge in [0, 0.05) is 25.0 Å². The molecular formula is C22H25ClN2O4. The summed E-state index contributed by atoms with van der Waals surface area (Å²) < 4.78 is 9.77. The second kappa shape index (κ2) is 9.18. The molecule has 2 heterocycles. The summed E-state index contributed by atoms with van der Waals surface area (Å²) in [6.07, 6.45) is 8.97. The topological polar surface area (TPSA) is 59.1 Å². The molecule has 6 nitrogen and oxygen atoms in total. The van der Waals surface area contributed by atoms with Crippen molar-refractivity contribution in [3.8, 4) is 0 Å². The highest BCUT2D eigenvalue weighted by molar-refractivity contribution is 6.33. The number of ether oxygens (including phenoxy) is 2. The van der Waals surface area contributed by atoms with Crippen LogP contribution in [0.2, 0.25) is 5.02 Å². The molecule has 2 aliphatic rings. The van der Waals surface area contributed by atoms with Crippen molar-refractivity contribution < 1.29 is 19.1 Å². The number of nitrogens with zero attached hydrogens (tertiary/aromatic N) is 2. The summed E-state index contributed by atoms with van der Waals surface area (Å²) in [5.74, 6) is -0.650. The average molecular weight is 417 g/mol. The fourth-order valence-corrected chi connectivity index (χ4v) is 3.97. The normalized spacial score (nSPS) is 19.2. The lowest BCUT2D eigenvalue weighted by Gasteiger charge is -2.34. The molecule has 0 bridgehead atoms. The van der Waals surface area contributed by atoms with Crippen molar-refractivity contribution in [2.75, 3.05) is 37.1 Å². The summed E-state index contributed by atoms with van der Waals surface area (Å²) in [4.78, 5) is 28.7. The molecule has 0 aliphatic carbocycles. The molecule has 0 aromatic heterocycles. The van der Waals surface area contributed by atoms with Crippen molar-refractivity contribution in [1.29, 1.82) is 0 Å². The number of rotatable bonds is 4. The Bertz CT molecular complexity index is 891. The van der Waals surface area contributed by atoms with Crippen LogP contribution in [0.15, 0.2) is 53.9 Å². The summed E-state index contributed by atoms with van der Waals surface area (Å²) >= 11 is 6.63. The molecule has 3 rings (SSSR count). The lowest BCUT2D eigenvalue weighted by atomic mass is 10.00. The smallest absolute Gasteiger partial charge is 0.355 e. The molecule has 29 heavy (non-hydrogen) atoms. The van der Waals surface area contributed by atoms with E-state index in [2.05, 4.69) is 11.8 Å². The van der Waals surface area contributed by atoms with Gasteiger partial charge < -0.3 is 19.3 Å². The molecule has 0 amide bonds. The zero-order valence-electron chi connectivity index (χ0n) is 16.9. The molecule has 0 radical (unpaired) electrons. The largest absolute Gasteiger partial charge is 0.465 e. The fourth-order valence-electron chi connectivity index (χ4n) is 3.68. The fraction of sp³-hybridized carbons (Fsp3) is 0.364. The van der Waals surface area contributed by atoms with Gasteiger partial charge in [-0.25, -0.2) is 9.59 Å². The molecule has 154 valence electrons. The molecule has 1 fully saturated rings. The Labute approximate surface area is 176 Å². The Morgan fingerprint density at radius 2 is 1.90 bits per heavy atom. The quantitative estimate of drug-likeness (QED) is 0.690. The van der Waals surface area contributed by atoms with Gasteiger partial charge in [-0.05, 0) is 49.1 Å². The number of carbonyl (C=O) groups is 2. The van der Waals surface area contributed by atoms with Crippen LogP contribution in [0.3, 0.4) is 0 Å². The van der Waals surface area contributed by atoms with Crippen LogP contribution < -0.4 is 9.80 Å². The molecule has 0 N–H and O–H groups in total. The number of benzene rings is 1. The number of allylic oxidation sites excluding steroid dienone is 2. The Balaban J connectivity index is 2.02. The van der Waals surface area contributed by atoms with E-state index in [1.807, 2.05) is 12.1 Å². The number of esters is 2. The standard InChI is InChI=1S/C22H25ClN2O4/c1-15-7-6-11-24(14-15)19-10-9-16(13-18(19)23)25-12-5-4-8-17(21(26)28-2)20(25)22(27)29-3/h4-5,8-10,12-13,15H,6-7,11,14H2,1-3H3. The van der Waals surface area contributed by atoms with Crippen LogP contribution in [0.5, 0.6) is 0 Å². The highest BCUT2D eigenvalue weighted by Crippen LogP contribution is 2.35. The van der Waals surface area contributed by atoms with Crippen LogP contribution >= 0.6 is 11.6 Å². The van der Waals surface area contributed by atoms with Crippen LogP contribution in [0.4, 0.5) is 11.4 Å². The molecule has 7 heteroatoms. The number of anilines is 2. The predicted molar refractivity (Wildman–Crippen MR) is 114 cm³/mol. The molecule has 1 aromatic rings. The molecule has 1 saturated heterocycles. The van der Waals surface area contributed by atoms with E-state index in [0.29, 0.717) is 16.6 Å². The molecule has 2 aliphatic heterocycles. The van der Waals surface area contributed by atoms with Crippen molar-refractivity contribution in [1.82, 2.24) is 0 Å². The van der Waals surface area contributed by atoms with E-state index in [1.165, 1.54) is 26.7 Å². The van der Waals surface area contributed by atoms with Gasteiger partial charge in [-0.15, -0.1) is 0 Å². The Morgan fingerprint density at radius 3 is 2.55 bits per heavy atom. The van der Waals surface area contributed by atoms with Gasteiger partial charge in [0.1, 0.15) is 5.70 Å². The Morgan fingerprint density at radius 1 is 1.14 bits per heavy atom. The van der Waals surface area contributed by atoms with Crippen molar-refractivity contribution in [2.24, 2.45) is 5.92 Å². The molecule has 1 atom stereocenters. The highest BCUT2D eigenvalue weighted by Gasteiger charge is 2.28. The molecule has 0 spiro atoms. The molecule has 0 saturated carbocycles. The third-order valence-corrected chi connectivity index (χ3v) is 5.40. The van der Waals surface area contributed by atoms with Crippen LogP contribution in [-0.4, -0.2) is 39.2 Å². The minimum atomic E-state index is -0.647. The third-order valence-electron chi connectivity index (χ3n) is 5.10. The van der Waals surface area contributed by atoms with E-state index in [0.717, 1.165) is 25.2 Å². The second-order valence-corrected chi connectivity index (χ2v) is 7.55. The maximum absolute atomic E-state index is 12.5. The van der Waals surface area contributed by atoms with E-state index < -0.39 is 11.9 Å². The van der Waals surface area contributed by atoms with Gasteiger partial charge >= 0.3 is 11.9 Å². The summed E-state index contributed by atoms with van der Waals surface area (Å²) in [5, 5.41) is 0.589. The van der Waals surface area contributed by atoms with Crippen molar-refractivity contribution >= 4 is 34.9 Å². The van der Waals surface area contributed by atoms with Gasteiger partial charge in [0.05, 0.1) is 30.5 Å². The van der Waals surface area contributed by atoms with Gasteiger partial charge in [-0.2, -0.15) is 0 Å². The van der Waals surface area contributed by atoms with Gasteiger partial charge in [0.15, 0.2) is 0 Å². The first-order valence-electron chi connectivity index (χ1n) is 9.55. The first-order chi connectivity index (χ1) is 14.0. The number of methoxy groups -OCH3 is 2. The molecular weight excluding hydrogens is 392 g/mol. The van der Waals surface area contributed by atoms with E-state index in [9.17, 15) is 9.59 Å². The summed E-state index contributed by atoms with van der Waals surface area (Å²) in [7, 11) is 2.54. The zero-order valence-corrected chi connectivity index (χ0v) is 17.6. The maximum atomic E-state index is 12.5. The lowest BCUT2D eigenvalue weighted by Crippen LogP contribution is -2.34. The van der Waals surface area contributed by atoms with Gasteiger partial charge in [-0.3, -0.25) is 0 Å². The van der Waals surface area contributed by atoms with Gasteiger partial charge in [-0.1, -0.05) is 24.6 Å². The minimum absolute atomic E-state index is 0.0692. The van der Waals surface area contributed by atoms with E-state index in [4.69, 9.17) is 21.1 Å². The van der Waals surface area contributed by atoms with Crippen molar-refractivity contribution in [2.45, 2.75) is 19.8 Å². The number of carbonyl (C=O) groups excluding carboxylic acids is 2. The minimum Gasteiger partial charge on any atom is -0.465 e. The molecule has 1 aromatic carbocycles. The van der Waals surface area contributed by atoms with E-state index in [1.54, 1.807) is 29.3 Å². The van der Waals surface area contributed by atoms with Crippen molar-refractivity contribution in [3.05, 3.63) is 58.9 Å². The number of piperidine rings is 1. The van der Waals surface area contributed by atoms with Crippen LogP contribution in [0.25, 0.3) is 0 Å². The summed E-state index contributed by atoms with van der Waals surface area (Å²) in [6, 6.07) is 5.63. The number of halogens is 1. The van der Waals surface area contributed by atoms with Crippen LogP contribution in [0, 0.1) is 5.92 Å². The third kappa shape index (κ3) is 4.48. The average Bonchev–Trinajstić information content (AvgIpc) is 2.95. The van der Waals surface area contributed by atoms with E-state index in [-0.39, 0.29) is 11.3 Å². The SMILES string of the molecule is COC(=O)C1=C(C(=O)OC)N(c2ccc(N3CCCC(C)C3)c(Cl)c2)C=CC=C1. The van der Waals surface area contributed by atoms with Crippen LogP contribution in [0.1, 0.15) is 19.8 Å². The van der Waals surface area contributed by atoms with Gasteiger partial charge in [0.25, 0.3) is 0 Å². The van der Waals surface area contributed by atoms with Gasteiger partial charge in [0.2, 0.25) is 0 Å². The monoisotopic (exact) mass is 416 g/mol. The Kier molecular flexibility index (Phi) is 6.64. The molecule has 1 unspecified atom stereocenters. The van der Waals surface area contributed by atoms with Crippen LogP contribution in [-0.2, 0) is 19.1 Å². The van der Waals surface area contributed by atoms with E-state index >= 15 is 0 Å². The first kappa shape index (κ1) is 21.0. The maximum Gasteiger partial charge on any atom is 0.355 e. The Hall–Kier alpha value is -2.73.